The lowest BCUT2D eigenvalue weighted by Gasteiger charge is -2.21. The molecule has 1 heterocycles. The average molecular weight is 203 g/mol. The largest absolute Gasteiger partial charge is 0.242 e. The first-order valence-electron chi connectivity index (χ1n) is 5.14. The minimum Gasteiger partial charge on any atom is -0.242 e. The van der Waals surface area contributed by atoms with Gasteiger partial charge in [-0.15, -0.1) is 0 Å². The van der Waals surface area contributed by atoms with E-state index in [2.05, 4.69) is 5.32 Å². The van der Waals surface area contributed by atoms with E-state index in [-0.39, 0.29) is 5.56 Å². The number of halogens is 1. The Morgan fingerprint density at radius 3 is 2.67 bits per heavy atom. The molecule has 0 N–H and O–H groups in total. The number of hydrogen-bond acceptors (Lipinski definition) is 1. The normalized spacial score (nSPS) is 17.3. The van der Waals surface area contributed by atoms with Crippen molar-refractivity contribution in [3.63, 3.8) is 0 Å². The van der Waals surface area contributed by atoms with Crippen LogP contribution in [0.2, 0.25) is 0 Å². The zero-order valence-corrected chi connectivity index (χ0v) is 8.41. The Labute approximate surface area is 88.7 Å². The van der Waals surface area contributed by atoms with E-state index in [0.717, 1.165) is 31.5 Å². The van der Waals surface area contributed by atoms with Crippen LogP contribution in [0.25, 0.3) is 0 Å². The lowest BCUT2D eigenvalue weighted by molar-refractivity contribution is 0.452. The van der Waals surface area contributed by atoms with Gasteiger partial charge in [0.15, 0.2) is 0 Å². The Balaban J connectivity index is 2.22. The molecule has 1 fully saturated rings. The minimum absolute atomic E-state index is 0.124. The van der Waals surface area contributed by atoms with Gasteiger partial charge >= 0.3 is 0 Å². The fourth-order valence-electron chi connectivity index (χ4n) is 1.96. The van der Waals surface area contributed by atoms with Crippen molar-refractivity contribution in [1.82, 2.24) is 5.32 Å². The van der Waals surface area contributed by atoms with E-state index < -0.39 is 5.82 Å². The molecule has 0 spiro atoms. The predicted molar refractivity (Wildman–Crippen MR) is 55.0 cm³/mol. The third-order valence-electron chi connectivity index (χ3n) is 2.86. The van der Waals surface area contributed by atoms with Crippen molar-refractivity contribution in [3.8, 4) is 6.07 Å². The molecule has 0 aromatic heterocycles. The Morgan fingerprint density at radius 1 is 1.33 bits per heavy atom. The lowest BCUT2D eigenvalue weighted by Crippen LogP contribution is -2.21. The van der Waals surface area contributed by atoms with Crippen molar-refractivity contribution < 1.29 is 4.39 Å². The lowest BCUT2D eigenvalue weighted by atomic mass is 9.90. The summed E-state index contributed by atoms with van der Waals surface area (Å²) in [6.07, 6.45) is 1.98. The summed E-state index contributed by atoms with van der Waals surface area (Å²) >= 11 is 0. The Kier molecular flexibility index (Phi) is 2.98. The van der Waals surface area contributed by atoms with E-state index in [1.807, 2.05) is 12.1 Å². The molecular formula is C12H12FN2. The molecule has 1 aromatic carbocycles. The van der Waals surface area contributed by atoms with Gasteiger partial charge in [0.05, 0.1) is 5.56 Å². The molecule has 0 unspecified atom stereocenters. The zero-order valence-electron chi connectivity index (χ0n) is 8.41. The minimum atomic E-state index is -0.405. The number of nitriles is 1. The topological polar surface area (TPSA) is 37.9 Å². The molecule has 1 aliphatic heterocycles. The second kappa shape index (κ2) is 4.41. The molecule has 0 amide bonds. The van der Waals surface area contributed by atoms with Gasteiger partial charge in [-0.05, 0) is 36.5 Å². The smallest absolute Gasteiger partial charge is 0.141 e. The van der Waals surface area contributed by atoms with Crippen LogP contribution in [0.1, 0.15) is 29.9 Å². The van der Waals surface area contributed by atoms with Crippen LogP contribution in [0.5, 0.6) is 0 Å². The Morgan fingerprint density at radius 2 is 2.07 bits per heavy atom. The number of rotatable bonds is 1. The molecule has 0 saturated carbocycles. The molecule has 2 nitrogen and oxygen atoms in total. The second-order valence-electron chi connectivity index (χ2n) is 3.80. The van der Waals surface area contributed by atoms with Gasteiger partial charge in [0.2, 0.25) is 0 Å². The Bertz CT molecular complexity index is 389. The van der Waals surface area contributed by atoms with E-state index in [9.17, 15) is 4.39 Å². The van der Waals surface area contributed by atoms with Crippen molar-refractivity contribution >= 4 is 0 Å². The third-order valence-corrected chi connectivity index (χ3v) is 2.86. The number of piperidine rings is 1. The van der Waals surface area contributed by atoms with Crippen molar-refractivity contribution in [2.24, 2.45) is 0 Å². The van der Waals surface area contributed by atoms with Gasteiger partial charge in [0, 0.05) is 13.1 Å². The summed E-state index contributed by atoms with van der Waals surface area (Å²) in [6, 6.07) is 6.75. The van der Waals surface area contributed by atoms with Crippen LogP contribution in [-0.2, 0) is 0 Å². The van der Waals surface area contributed by atoms with Gasteiger partial charge in [0.1, 0.15) is 11.9 Å². The van der Waals surface area contributed by atoms with Crippen LogP contribution in [-0.4, -0.2) is 13.1 Å². The molecule has 0 aliphatic carbocycles. The van der Waals surface area contributed by atoms with Gasteiger partial charge in [-0.25, -0.2) is 9.71 Å². The molecule has 2 rings (SSSR count). The molecule has 1 aliphatic rings. The molecule has 0 atom stereocenters. The molecule has 3 heteroatoms. The Hall–Kier alpha value is -1.40. The van der Waals surface area contributed by atoms with Crippen LogP contribution in [0.3, 0.4) is 0 Å². The first-order chi connectivity index (χ1) is 7.31. The van der Waals surface area contributed by atoms with Gasteiger partial charge in [-0.3, -0.25) is 0 Å². The molecular weight excluding hydrogens is 191 g/mol. The molecule has 1 aromatic rings. The third kappa shape index (κ3) is 2.16. The molecule has 1 saturated heterocycles. The van der Waals surface area contributed by atoms with Crippen molar-refractivity contribution in [2.75, 3.05) is 13.1 Å². The molecule has 0 bridgehead atoms. The first-order valence-corrected chi connectivity index (χ1v) is 5.14. The van der Waals surface area contributed by atoms with Crippen molar-refractivity contribution in [3.05, 3.63) is 35.1 Å². The van der Waals surface area contributed by atoms with Crippen LogP contribution in [0, 0.1) is 17.1 Å². The SMILES string of the molecule is N#Cc1ccc(C2CC[N]CC2)cc1F. The van der Waals surface area contributed by atoms with Crippen LogP contribution in [0.15, 0.2) is 18.2 Å². The van der Waals surface area contributed by atoms with E-state index in [1.54, 1.807) is 6.07 Å². The van der Waals surface area contributed by atoms with Gasteiger partial charge in [-0.2, -0.15) is 5.26 Å². The predicted octanol–water partition coefficient (Wildman–Crippen LogP) is 2.18. The van der Waals surface area contributed by atoms with Crippen LogP contribution < -0.4 is 5.32 Å². The molecule has 1 radical (unpaired) electrons. The number of benzene rings is 1. The summed E-state index contributed by atoms with van der Waals surface area (Å²) in [6.45, 7) is 1.73. The van der Waals surface area contributed by atoms with Gasteiger partial charge in [-0.1, -0.05) is 6.07 Å². The van der Waals surface area contributed by atoms with E-state index in [4.69, 9.17) is 5.26 Å². The average Bonchev–Trinajstić information content (AvgIpc) is 2.30. The first kappa shape index (κ1) is 10.1. The van der Waals surface area contributed by atoms with Crippen LogP contribution in [0.4, 0.5) is 4.39 Å². The zero-order chi connectivity index (χ0) is 10.7. The highest BCUT2D eigenvalue weighted by atomic mass is 19.1. The summed E-state index contributed by atoms with van der Waals surface area (Å²) in [5.74, 6) is 0.00209. The highest BCUT2D eigenvalue weighted by Gasteiger charge is 2.16. The van der Waals surface area contributed by atoms with E-state index in [0.29, 0.717) is 5.92 Å². The maximum atomic E-state index is 13.4. The summed E-state index contributed by atoms with van der Waals surface area (Å²) in [5, 5.41) is 12.9. The highest BCUT2D eigenvalue weighted by Crippen LogP contribution is 2.26. The standard InChI is InChI=1S/C12H12FN2/c13-12-7-10(1-2-11(12)8-14)9-3-5-15-6-4-9/h1-2,7,9H,3-6H2. The molecule has 77 valence electrons. The van der Waals surface area contributed by atoms with Crippen molar-refractivity contribution in [1.29, 1.82) is 5.26 Å². The highest BCUT2D eigenvalue weighted by molar-refractivity contribution is 5.34. The van der Waals surface area contributed by atoms with E-state index in [1.165, 1.54) is 6.07 Å². The van der Waals surface area contributed by atoms with Crippen LogP contribution >= 0.6 is 0 Å². The maximum absolute atomic E-state index is 13.4. The number of nitrogens with zero attached hydrogens (tertiary/aromatic N) is 2. The monoisotopic (exact) mass is 203 g/mol. The second-order valence-corrected chi connectivity index (χ2v) is 3.80. The summed E-state index contributed by atoms with van der Waals surface area (Å²) in [7, 11) is 0. The molecule has 15 heavy (non-hydrogen) atoms. The fraction of sp³-hybridized carbons (Fsp3) is 0.417. The van der Waals surface area contributed by atoms with E-state index >= 15 is 0 Å². The number of hydrogen-bond donors (Lipinski definition) is 0. The quantitative estimate of drug-likeness (QED) is 0.689. The summed E-state index contributed by atoms with van der Waals surface area (Å²) in [5.41, 5.74) is 1.13. The van der Waals surface area contributed by atoms with Gasteiger partial charge in [0.25, 0.3) is 0 Å². The maximum Gasteiger partial charge on any atom is 0.141 e. The van der Waals surface area contributed by atoms with Gasteiger partial charge < -0.3 is 0 Å². The van der Waals surface area contributed by atoms with Crippen molar-refractivity contribution in [2.45, 2.75) is 18.8 Å². The summed E-state index contributed by atoms with van der Waals surface area (Å²) < 4.78 is 13.4. The fourth-order valence-corrected chi connectivity index (χ4v) is 1.96. The summed E-state index contributed by atoms with van der Waals surface area (Å²) in [4.78, 5) is 0.